The van der Waals surface area contributed by atoms with Gasteiger partial charge < -0.3 is 9.47 Å². The second-order valence-corrected chi connectivity index (χ2v) is 11.5. The van der Waals surface area contributed by atoms with Gasteiger partial charge in [-0.15, -0.1) is 0 Å². The molecule has 192 valence electrons. The van der Waals surface area contributed by atoms with Crippen molar-refractivity contribution in [1.82, 2.24) is 4.90 Å². The number of fused-ring (bicyclic) bond motifs is 1. The van der Waals surface area contributed by atoms with Crippen LogP contribution >= 0.6 is 0 Å². The summed E-state index contributed by atoms with van der Waals surface area (Å²) in [5.41, 5.74) is 3.00. The highest BCUT2D eigenvalue weighted by molar-refractivity contribution is 5.90. The molecule has 0 aromatic heterocycles. The molecule has 1 saturated heterocycles. The summed E-state index contributed by atoms with van der Waals surface area (Å²) in [6, 6.07) is 11.0. The molecule has 1 aliphatic heterocycles. The van der Waals surface area contributed by atoms with Crippen LogP contribution in [0.3, 0.4) is 0 Å². The van der Waals surface area contributed by atoms with Gasteiger partial charge in [0.1, 0.15) is 5.75 Å². The molecule has 2 aliphatic rings. The minimum Gasteiger partial charge on any atom is -0.490 e. The molecule has 0 atom stereocenters. The van der Waals surface area contributed by atoms with Gasteiger partial charge in [-0.25, -0.2) is 0 Å². The highest BCUT2D eigenvalue weighted by Crippen LogP contribution is 2.42. The molecule has 2 aromatic carbocycles. The molecule has 0 amide bonds. The van der Waals surface area contributed by atoms with Crippen LogP contribution in [0.2, 0.25) is 0 Å². The third kappa shape index (κ3) is 6.02. The number of ether oxygens (including phenoxy) is 2. The van der Waals surface area contributed by atoms with Crippen molar-refractivity contribution in [3.05, 3.63) is 41.5 Å². The Bertz CT molecular complexity index is 998. The third-order valence-electron chi connectivity index (χ3n) is 8.90. The maximum Gasteiger partial charge on any atom is 0.309 e. The van der Waals surface area contributed by atoms with Gasteiger partial charge in [0.2, 0.25) is 0 Å². The summed E-state index contributed by atoms with van der Waals surface area (Å²) in [7, 11) is 0. The second kappa shape index (κ2) is 11.3. The number of carbonyl (C=O) groups excluding carboxylic acids is 1. The predicted molar refractivity (Wildman–Crippen MR) is 144 cm³/mol. The minimum atomic E-state index is -0.0289. The van der Waals surface area contributed by atoms with Crippen molar-refractivity contribution in [3.8, 4) is 5.75 Å². The summed E-state index contributed by atoms with van der Waals surface area (Å²) in [4.78, 5) is 14.7. The van der Waals surface area contributed by atoms with Gasteiger partial charge in [-0.05, 0) is 99.2 Å². The fourth-order valence-corrected chi connectivity index (χ4v) is 6.09. The molecule has 2 aromatic rings. The van der Waals surface area contributed by atoms with E-state index in [0.29, 0.717) is 18.1 Å². The van der Waals surface area contributed by atoms with Crippen LogP contribution in [-0.4, -0.2) is 36.7 Å². The number of nitrogens with zero attached hydrogens (tertiary/aromatic N) is 1. The molecule has 0 unspecified atom stereocenters. The Morgan fingerprint density at radius 3 is 2.29 bits per heavy atom. The van der Waals surface area contributed by atoms with E-state index in [1.807, 2.05) is 6.92 Å². The average molecular weight is 480 g/mol. The SMILES string of the molecule is CCOC(=O)C1CCN(Cc2c(O[C@H]3CC[C@H](C(C)(C)CC)CC3)cc(C)c3ccccc23)CC1. The van der Waals surface area contributed by atoms with Crippen LogP contribution in [0.15, 0.2) is 30.3 Å². The van der Waals surface area contributed by atoms with Gasteiger partial charge in [-0.2, -0.15) is 0 Å². The Kier molecular flexibility index (Phi) is 8.42. The number of rotatable bonds is 8. The molecule has 0 N–H and O–H groups in total. The van der Waals surface area contributed by atoms with Crippen molar-refractivity contribution in [3.63, 3.8) is 0 Å². The zero-order valence-corrected chi connectivity index (χ0v) is 22.6. The number of hydrogen-bond donors (Lipinski definition) is 0. The summed E-state index contributed by atoms with van der Waals surface area (Å²) in [6.45, 7) is 14.4. The Labute approximate surface area is 212 Å². The molecule has 2 fully saturated rings. The van der Waals surface area contributed by atoms with E-state index in [0.717, 1.165) is 57.0 Å². The van der Waals surface area contributed by atoms with Gasteiger partial charge in [0, 0.05) is 12.1 Å². The predicted octanol–water partition coefficient (Wildman–Crippen LogP) is 7.30. The third-order valence-corrected chi connectivity index (χ3v) is 8.90. The van der Waals surface area contributed by atoms with E-state index in [1.54, 1.807) is 0 Å². The lowest BCUT2D eigenvalue weighted by atomic mass is 9.69. The lowest BCUT2D eigenvalue weighted by Gasteiger charge is -2.39. The molecule has 4 rings (SSSR count). The monoisotopic (exact) mass is 479 g/mol. The second-order valence-electron chi connectivity index (χ2n) is 11.5. The van der Waals surface area contributed by atoms with Crippen molar-refractivity contribution in [2.45, 2.75) is 92.2 Å². The number of piperidine rings is 1. The van der Waals surface area contributed by atoms with Gasteiger partial charge in [0.25, 0.3) is 0 Å². The Morgan fingerprint density at radius 2 is 1.66 bits per heavy atom. The molecule has 0 radical (unpaired) electrons. The van der Waals surface area contributed by atoms with E-state index in [9.17, 15) is 4.79 Å². The first-order valence-corrected chi connectivity index (χ1v) is 13.9. The van der Waals surface area contributed by atoms with Crippen LogP contribution in [0.1, 0.15) is 83.8 Å². The zero-order chi connectivity index (χ0) is 25.0. The molecule has 1 aliphatic carbocycles. The van der Waals surface area contributed by atoms with Crippen LogP contribution in [0.25, 0.3) is 10.8 Å². The number of benzene rings is 2. The normalized spacial score (nSPS) is 22.3. The van der Waals surface area contributed by atoms with Gasteiger partial charge >= 0.3 is 5.97 Å². The first-order valence-electron chi connectivity index (χ1n) is 13.9. The molecule has 0 bridgehead atoms. The molecule has 4 heteroatoms. The average Bonchev–Trinajstić information content (AvgIpc) is 2.87. The standard InChI is InChI=1S/C31H45NO3/c1-6-31(4,5)24-12-14-25(15-13-24)35-29-20-22(3)26-10-8-9-11-27(26)28(29)21-32-18-16-23(17-19-32)30(33)34-7-2/h8-11,20,23-25H,6-7,12-19,21H2,1-5H3/t24-,25-. The summed E-state index contributed by atoms with van der Waals surface area (Å²) in [5.74, 6) is 1.87. The van der Waals surface area contributed by atoms with E-state index >= 15 is 0 Å². The fraction of sp³-hybridized carbons (Fsp3) is 0.645. The van der Waals surface area contributed by atoms with Crippen LogP contribution in [0.5, 0.6) is 5.75 Å². The molecular formula is C31H45NO3. The van der Waals surface area contributed by atoms with E-state index < -0.39 is 0 Å². The van der Waals surface area contributed by atoms with Crippen molar-refractivity contribution >= 4 is 16.7 Å². The van der Waals surface area contributed by atoms with Crippen LogP contribution in [0, 0.1) is 24.2 Å². The quantitative estimate of drug-likeness (QED) is 0.372. The van der Waals surface area contributed by atoms with E-state index in [2.05, 4.69) is 62.9 Å². The largest absolute Gasteiger partial charge is 0.490 e. The number of likely N-dealkylation sites (tertiary alicyclic amines) is 1. The fourth-order valence-electron chi connectivity index (χ4n) is 6.09. The zero-order valence-electron chi connectivity index (χ0n) is 22.6. The van der Waals surface area contributed by atoms with Crippen molar-refractivity contribution < 1.29 is 14.3 Å². The van der Waals surface area contributed by atoms with E-state index in [-0.39, 0.29) is 11.9 Å². The molecule has 1 saturated carbocycles. The highest BCUT2D eigenvalue weighted by atomic mass is 16.5. The first kappa shape index (κ1) is 26.0. The molecule has 1 heterocycles. The van der Waals surface area contributed by atoms with Crippen molar-refractivity contribution in [1.29, 1.82) is 0 Å². The number of carbonyl (C=O) groups is 1. The van der Waals surface area contributed by atoms with Gasteiger partial charge in [0.15, 0.2) is 0 Å². The maximum atomic E-state index is 12.2. The molecular weight excluding hydrogens is 434 g/mol. The van der Waals surface area contributed by atoms with Crippen LogP contribution < -0.4 is 4.74 Å². The van der Waals surface area contributed by atoms with Crippen LogP contribution in [-0.2, 0) is 16.1 Å². The van der Waals surface area contributed by atoms with Gasteiger partial charge in [0.05, 0.1) is 18.6 Å². The molecule has 4 nitrogen and oxygen atoms in total. The van der Waals surface area contributed by atoms with E-state index in [1.165, 1.54) is 41.2 Å². The maximum absolute atomic E-state index is 12.2. The Hall–Kier alpha value is -2.07. The minimum absolute atomic E-state index is 0.0289. The number of esters is 1. The lowest BCUT2D eigenvalue weighted by Crippen LogP contribution is -2.36. The highest BCUT2D eigenvalue weighted by Gasteiger charge is 2.33. The van der Waals surface area contributed by atoms with Gasteiger partial charge in [-0.3, -0.25) is 9.69 Å². The smallest absolute Gasteiger partial charge is 0.309 e. The Balaban J connectivity index is 1.50. The van der Waals surface area contributed by atoms with E-state index in [4.69, 9.17) is 9.47 Å². The van der Waals surface area contributed by atoms with Crippen molar-refractivity contribution in [2.75, 3.05) is 19.7 Å². The summed E-state index contributed by atoms with van der Waals surface area (Å²) < 4.78 is 12.1. The first-order chi connectivity index (χ1) is 16.8. The topological polar surface area (TPSA) is 38.8 Å². The molecule has 0 spiro atoms. The van der Waals surface area contributed by atoms with Crippen molar-refractivity contribution in [2.24, 2.45) is 17.3 Å². The Morgan fingerprint density at radius 1 is 1.00 bits per heavy atom. The number of aryl methyl sites for hydroxylation is 1. The summed E-state index contributed by atoms with van der Waals surface area (Å²) >= 11 is 0. The summed E-state index contributed by atoms with van der Waals surface area (Å²) in [5, 5.41) is 2.61. The van der Waals surface area contributed by atoms with Gasteiger partial charge in [-0.1, -0.05) is 51.5 Å². The molecule has 35 heavy (non-hydrogen) atoms. The van der Waals surface area contributed by atoms with Crippen LogP contribution in [0.4, 0.5) is 0 Å². The number of hydrogen-bond acceptors (Lipinski definition) is 4. The summed E-state index contributed by atoms with van der Waals surface area (Å²) in [6.07, 6.45) is 8.08. The lowest BCUT2D eigenvalue weighted by molar-refractivity contribution is -0.149.